The quantitative estimate of drug-likeness (QED) is 0.0195. The largest absolute Gasteiger partial charge is 0.0622 e. The van der Waals surface area contributed by atoms with Gasteiger partial charge in [0.2, 0.25) is 5.60 Å². The molecule has 0 bridgehead atoms. The van der Waals surface area contributed by atoms with Gasteiger partial charge in [0.25, 0.3) is 0 Å². The summed E-state index contributed by atoms with van der Waals surface area (Å²) in [5.74, 6) is 0. The van der Waals surface area contributed by atoms with Crippen molar-refractivity contribution < 1.29 is 34.6 Å². The second-order valence-electron chi connectivity index (χ2n) is 37.0. The normalized spacial score (nSPS) is 15.8. The third-order valence-corrected chi connectivity index (χ3v) is 33.4. The molecule has 0 N–H and O–H groups in total. The van der Waals surface area contributed by atoms with Crippen molar-refractivity contribution in [2.45, 2.75) is 245 Å². The van der Waals surface area contributed by atoms with Crippen LogP contribution in [0, 0.1) is 13.8 Å². The SMILES string of the molecule is CCCCCCC1(CCCCCC)c2cc(-c3ccc(Br)cc3)ccc2-c2ccc(-c3ccc(Br)cc3)cc21.Cc1ccc(Br)cc1.[CH2+]C1(C)OB(c2ccc3c(c2)C(CCCCCC)(CCCCCC)c2cc(B4OC(C)(C)C(C)(C)O4)ccc2-3)OC1(C)C.[Cl][Pd][Cl].c1ccc(P(c2ccccc2)c2ccccc2)cc1.c1ccc(P(c2ccccc2)c2ccccc2)cc1. The average Bonchev–Trinajstić information content (AvgIpc) is 2.01. The standard InChI is InChI=1S/C37H55B2O4.C37H40Br2.2C18H15P.C7H7Br.2ClH.Pd/c1-11-13-15-17-23-37(24-18-16-14-12-2)31-25-27(38-40-33(3,4)34(5,6)41-38)19-21-29(31)30-22-20-28(26-32(30)37)39-42-35(7,8)36(9,10)43-39;1-3-5-7-9-23-37(24-10-8-6-4-2)35-25-29(27-11-17-31(38)18-12-27)15-21-33(35)34-22-16-30(26-36(34)37)28-13-19-32(39)20-14-28;2*1-4-10-16(11-5-1)19(17-12-6-2-7-13-17)18-14-8-3-9-15-18;1-6-2-4-7(8)5-3-6;;;/h19-22,25-26H,3,11-18,23-24H2,1-2,4-10H3;11-22,25-26H,3-10,23-24H2,1-2H3;2*1-15H;2-5H,1H3;2*1H;/q+1;;;;;;;+2/p-2. The van der Waals surface area contributed by atoms with E-state index >= 15 is 0 Å². The molecule has 4 aliphatic rings. The third-order valence-electron chi connectivity index (χ3n) is 26.9. The van der Waals surface area contributed by atoms with Crippen molar-refractivity contribution in [3.05, 3.63) is 376 Å². The Kier molecular flexibility index (Phi) is 39.2. The molecule has 1 atom stereocenters. The summed E-state index contributed by atoms with van der Waals surface area (Å²) in [6.45, 7) is 30.4. The monoisotopic (exact) mass is 2100 g/mol. The van der Waals surface area contributed by atoms with Crippen molar-refractivity contribution in [3.63, 3.8) is 0 Å². The van der Waals surface area contributed by atoms with Crippen molar-refractivity contribution in [2.75, 3.05) is 0 Å². The topological polar surface area (TPSA) is 36.9 Å². The van der Waals surface area contributed by atoms with Crippen LogP contribution in [0.25, 0.3) is 44.5 Å². The van der Waals surface area contributed by atoms with Crippen LogP contribution in [0.1, 0.15) is 232 Å². The van der Waals surface area contributed by atoms with Crippen LogP contribution < -0.4 is 42.8 Å². The first-order valence-electron chi connectivity index (χ1n) is 47.5. The van der Waals surface area contributed by atoms with E-state index in [-0.39, 0.29) is 45.1 Å². The number of unbranched alkanes of at least 4 members (excludes halogenated alkanes) is 12. The molecule has 1 unspecified atom stereocenters. The summed E-state index contributed by atoms with van der Waals surface area (Å²) in [7, 11) is 7.94. The molecule has 2 heterocycles. The Labute approximate surface area is 831 Å². The predicted molar refractivity (Wildman–Crippen MR) is 579 cm³/mol. The first-order valence-corrected chi connectivity index (χ1v) is 56.5. The van der Waals surface area contributed by atoms with Gasteiger partial charge in [0.1, 0.15) is 5.60 Å². The van der Waals surface area contributed by atoms with Crippen LogP contribution in [0.4, 0.5) is 0 Å². The Morgan fingerprint density at radius 2 is 0.527 bits per heavy atom. The fourth-order valence-corrected chi connectivity index (χ4v) is 23.9. The van der Waals surface area contributed by atoms with E-state index in [9.17, 15) is 0 Å². The summed E-state index contributed by atoms with van der Waals surface area (Å²) >= 11 is 10.5. The van der Waals surface area contributed by atoms with Gasteiger partial charge < -0.3 is 18.6 Å². The molecular weight excluding hydrogens is 1970 g/mol. The van der Waals surface area contributed by atoms with Crippen molar-refractivity contribution in [3.8, 4) is 44.5 Å². The molecule has 17 rings (SSSR count). The molecule has 0 spiro atoms. The molecule has 0 amide bonds. The number of halogens is 5. The van der Waals surface area contributed by atoms with E-state index in [0.29, 0.717) is 0 Å². The number of hydrogen-bond donors (Lipinski definition) is 0. The van der Waals surface area contributed by atoms with E-state index in [1.807, 2.05) is 19.1 Å². The zero-order valence-corrected chi connectivity index (χ0v) is 88.5. The summed E-state index contributed by atoms with van der Waals surface area (Å²) in [5.41, 5.74) is 18.5. The minimum Gasteiger partial charge on any atom is -0.0622 e. The van der Waals surface area contributed by atoms with Gasteiger partial charge in [-0.05, 0) is 248 Å². The van der Waals surface area contributed by atoms with Crippen LogP contribution in [-0.2, 0) is 45.4 Å². The van der Waals surface area contributed by atoms with E-state index in [4.69, 9.17) is 37.7 Å². The number of rotatable bonds is 30. The maximum Gasteiger partial charge on any atom is -0.0134 e. The second kappa shape index (κ2) is 49.8. The van der Waals surface area contributed by atoms with E-state index < -0.39 is 34.2 Å². The van der Waals surface area contributed by atoms with Crippen LogP contribution in [-0.4, -0.2) is 36.6 Å². The number of hydrogen-bond acceptors (Lipinski definition) is 4. The van der Waals surface area contributed by atoms with Gasteiger partial charge >= 0.3 is 49.2 Å². The summed E-state index contributed by atoms with van der Waals surface area (Å²) in [5, 5.41) is 8.39. The van der Waals surface area contributed by atoms with E-state index in [0.717, 1.165) is 37.2 Å². The fraction of sp³-hybridized carbons (Fsp3) is 0.325. The first-order chi connectivity index (χ1) is 63.3. The summed E-state index contributed by atoms with van der Waals surface area (Å²) in [4.78, 5) is 0. The van der Waals surface area contributed by atoms with Crippen LogP contribution in [0.2, 0.25) is 0 Å². The van der Waals surface area contributed by atoms with Gasteiger partial charge in [-0.2, -0.15) is 0 Å². The maximum atomic E-state index is 6.55. The van der Waals surface area contributed by atoms with E-state index in [1.165, 1.54) is 209 Å². The van der Waals surface area contributed by atoms with Gasteiger partial charge in [0, 0.05) is 31.2 Å². The first kappa shape index (κ1) is 103. The molecule has 0 aromatic heterocycles. The van der Waals surface area contributed by atoms with Crippen molar-refractivity contribution in [1.29, 1.82) is 0 Å². The number of benzene rings is 13. The summed E-state index contributed by atoms with van der Waals surface area (Å²) in [6.07, 6.45) is 25.1. The van der Waals surface area contributed by atoms with Gasteiger partial charge in [-0.3, -0.25) is 0 Å². The Hall–Kier alpha value is -6.76. The Bertz CT molecular complexity index is 5080. The molecule has 0 saturated carbocycles. The van der Waals surface area contributed by atoms with Gasteiger partial charge in [-0.15, -0.1) is 0 Å². The van der Waals surface area contributed by atoms with Gasteiger partial charge in [-0.25, -0.2) is 0 Å². The molecule has 13 aromatic rings. The van der Waals surface area contributed by atoms with Gasteiger partial charge in [-0.1, -0.05) is 463 Å². The zero-order valence-electron chi connectivity index (χ0n) is 78.9. The molecule has 13 aromatic carbocycles. The van der Waals surface area contributed by atoms with Crippen molar-refractivity contribution in [1.82, 2.24) is 0 Å². The molecule has 2 aliphatic heterocycles. The third kappa shape index (κ3) is 26.5. The zero-order chi connectivity index (χ0) is 93.0. The predicted octanol–water partition coefficient (Wildman–Crippen LogP) is 32.1. The van der Waals surface area contributed by atoms with Gasteiger partial charge in [0.15, 0.2) is 0 Å². The molecular formula is C117H132B2Br3Cl2O4P2Pd+. The minimum atomic E-state index is -0.616. The molecule has 2 saturated heterocycles. The number of aryl methyl sites for hydroxylation is 1. The molecule has 684 valence electrons. The van der Waals surface area contributed by atoms with E-state index in [1.54, 1.807) is 11.1 Å². The fourth-order valence-electron chi connectivity index (χ4n) is 18.5. The van der Waals surface area contributed by atoms with Crippen LogP contribution in [0.5, 0.6) is 0 Å². The van der Waals surface area contributed by atoms with Crippen LogP contribution in [0.3, 0.4) is 0 Å². The summed E-state index contributed by atoms with van der Waals surface area (Å²) < 4.78 is 29.4. The molecule has 2 fully saturated rings. The Morgan fingerprint density at radius 1 is 0.290 bits per heavy atom. The average molecular weight is 2100 g/mol. The van der Waals surface area contributed by atoms with Crippen LogP contribution >= 0.6 is 82.7 Å². The second-order valence-corrected chi connectivity index (χ2v) is 46.5. The van der Waals surface area contributed by atoms with Crippen LogP contribution in [0.15, 0.2) is 341 Å². The molecule has 2 aliphatic carbocycles. The van der Waals surface area contributed by atoms with Crippen molar-refractivity contribution >= 4 is 140 Å². The molecule has 14 heteroatoms. The minimum absolute atomic E-state index is 0.0658. The molecule has 131 heavy (non-hydrogen) atoms. The molecule has 4 nitrogen and oxygen atoms in total. The summed E-state index contributed by atoms with van der Waals surface area (Å²) in [6, 6.07) is 119. The Morgan fingerprint density at radius 3 is 0.779 bits per heavy atom. The molecule has 0 radical (unpaired) electrons. The van der Waals surface area contributed by atoms with Crippen molar-refractivity contribution in [2.24, 2.45) is 0 Å². The van der Waals surface area contributed by atoms with E-state index in [2.05, 4.69) is 446 Å². The number of fused-ring (bicyclic) bond motifs is 6. The maximum absolute atomic E-state index is 6.55. The smallest absolute Gasteiger partial charge is 0.0134 e. The Balaban J connectivity index is 0.000000159. The van der Waals surface area contributed by atoms with Gasteiger partial charge in [0.05, 0.1) is 18.1 Å².